The average Bonchev–Trinajstić information content (AvgIpc) is 3.35. The first-order chi connectivity index (χ1) is 13.1. The number of H-pyrrole nitrogens is 1. The Kier molecular flexibility index (Phi) is 4.54. The molecule has 138 valence electrons. The number of methoxy groups -OCH3 is 1. The highest BCUT2D eigenvalue weighted by molar-refractivity contribution is 5.93. The lowest BCUT2D eigenvalue weighted by atomic mass is 10.0. The number of aromatic amines is 1. The zero-order valence-electron chi connectivity index (χ0n) is 15.1. The third-order valence-corrected chi connectivity index (χ3v) is 4.92. The van der Waals surface area contributed by atoms with E-state index >= 15 is 0 Å². The van der Waals surface area contributed by atoms with E-state index in [-0.39, 0.29) is 11.7 Å². The van der Waals surface area contributed by atoms with Gasteiger partial charge < -0.3 is 15.2 Å². The highest BCUT2D eigenvalue weighted by atomic mass is 16.5. The molecule has 0 aliphatic heterocycles. The minimum Gasteiger partial charge on any atom is -0.508 e. The molecule has 0 spiro atoms. The second kappa shape index (κ2) is 7.15. The van der Waals surface area contributed by atoms with E-state index in [1.165, 1.54) is 17.5 Å². The molecule has 1 aromatic heterocycles. The molecule has 6 nitrogen and oxygen atoms in total. The second-order valence-corrected chi connectivity index (χ2v) is 6.68. The molecule has 1 amide bonds. The van der Waals surface area contributed by atoms with Gasteiger partial charge in [0.25, 0.3) is 5.91 Å². The number of aromatic hydroxyl groups is 1. The summed E-state index contributed by atoms with van der Waals surface area (Å²) in [6.07, 6.45) is 3.34. The Bertz CT molecular complexity index is 977. The summed E-state index contributed by atoms with van der Waals surface area (Å²) in [6, 6.07) is 12.6. The van der Waals surface area contributed by atoms with Crippen molar-refractivity contribution in [2.45, 2.75) is 25.8 Å². The molecule has 0 unspecified atom stereocenters. The number of hydrogen-bond donors (Lipinski definition) is 3. The fraction of sp³-hybridized carbons (Fsp3) is 0.238. The van der Waals surface area contributed by atoms with Crippen LogP contribution in [0, 0.1) is 0 Å². The van der Waals surface area contributed by atoms with Gasteiger partial charge in [0.2, 0.25) is 0 Å². The molecule has 0 saturated carbocycles. The highest BCUT2D eigenvalue weighted by Gasteiger charge is 2.16. The van der Waals surface area contributed by atoms with Crippen LogP contribution in [0.4, 0.5) is 0 Å². The van der Waals surface area contributed by atoms with E-state index in [9.17, 15) is 9.90 Å². The van der Waals surface area contributed by atoms with Crippen LogP contribution in [0.1, 0.15) is 33.6 Å². The molecule has 6 heteroatoms. The highest BCUT2D eigenvalue weighted by Crippen LogP contribution is 2.30. The van der Waals surface area contributed by atoms with Crippen molar-refractivity contribution in [3.63, 3.8) is 0 Å². The van der Waals surface area contributed by atoms with E-state index in [0.717, 1.165) is 29.7 Å². The zero-order chi connectivity index (χ0) is 18.8. The normalized spacial score (nSPS) is 12.6. The standard InChI is InChI=1S/C21H21N3O3/c1-27-20-10-15-4-2-3-14(15)9-16(20)12-22-21(26)19-11-18(23-24-19)13-5-7-17(25)8-6-13/h5-11,25H,2-4,12H2,1H3,(H,22,26)(H,23,24). The van der Waals surface area contributed by atoms with E-state index < -0.39 is 0 Å². The second-order valence-electron chi connectivity index (χ2n) is 6.68. The van der Waals surface area contributed by atoms with Crippen LogP contribution < -0.4 is 10.1 Å². The van der Waals surface area contributed by atoms with Gasteiger partial charge in [-0.3, -0.25) is 9.89 Å². The number of phenols is 1. The fourth-order valence-corrected chi connectivity index (χ4v) is 3.47. The van der Waals surface area contributed by atoms with Crippen molar-refractivity contribution < 1.29 is 14.6 Å². The number of carbonyl (C=O) groups excluding carboxylic acids is 1. The lowest BCUT2D eigenvalue weighted by Crippen LogP contribution is -2.23. The summed E-state index contributed by atoms with van der Waals surface area (Å²) in [5, 5.41) is 19.2. The average molecular weight is 363 g/mol. The molecule has 0 fully saturated rings. The molecule has 27 heavy (non-hydrogen) atoms. The number of hydrogen-bond acceptors (Lipinski definition) is 4. The van der Waals surface area contributed by atoms with Gasteiger partial charge in [-0.2, -0.15) is 5.10 Å². The maximum absolute atomic E-state index is 12.5. The van der Waals surface area contributed by atoms with Crippen molar-refractivity contribution in [1.82, 2.24) is 15.5 Å². The van der Waals surface area contributed by atoms with Crippen LogP contribution >= 0.6 is 0 Å². The van der Waals surface area contributed by atoms with E-state index in [1.807, 2.05) is 0 Å². The number of amides is 1. The topological polar surface area (TPSA) is 87.2 Å². The van der Waals surface area contributed by atoms with Crippen LogP contribution in [-0.4, -0.2) is 28.3 Å². The summed E-state index contributed by atoms with van der Waals surface area (Å²) in [6.45, 7) is 0.392. The smallest absolute Gasteiger partial charge is 0.269 e. The lowest BCUT2D eigenvalue weighted by molar-refractivity contribution is 0.0945. The number of aromatic nitrogens is 2. The number of fused-ring (bicyclic) bond motifs is 1. The number of nitrogens with zero attached hydrogens (tertiary/aromatic N) is 1. The Morgan fingerprint density at radius 3 is 2.67 bits per heavy atom. The Balaban J connectivity index is 1.47. The van der Waals surface area contributed by atoms with Gasteiger partial charge in [0, 0.05) is 17.7 Å². The number of carbonyl (C=O) groups is 1. The van der Waals surface area contributed by atoms with Gasteiger partial charge in [0.1, 0.15) is 17.2 Å². The molecule has 1 aliphatic carbocycles. The number of phenolic OH excluding ortho intramolecular Hbond substituents is 1. The maximum Gasteiger partial charge on any atom is 0.269 e. The predicted molar refractivity (Wildman–Crippen MR) is 102 cm³/mol. The quantitative estimate of drug-likeness (QED) is 0.650. The summed E-state index contributed by atoms with van der Waals surface area (Å²) in [5.41, 5.74) is 5.52. The number of aryl methyl sites for hydroxylation is 2. The van der Waals surface area contributed by atoms with E-state index in [2.05, 4.69) is 27.6 Å². The Hall–Kier alpha value is -3.28. The zero-order valence-corrected chi connectivity index (χ0v) is 15.1. The first-order valence-electron chi connectivity index (χ1n) is 8.95. The van der Waals surface area contributed by atoms with Gasteiger partial charge in [-0.1, -0.05) is 6.07 Å². The van der Waals surface area contributed by atoms with Crippen molar-refractivity contribution in [1.29, 1.82) is 0 Å². The van der Waals surface area contributed by atoms with Gasteiger partial charge in [-0.25, -0.2) is 0 Å². The molecule has 1 aliphatic rings. The maximum atomic E-state index is 12.5. The molecule has 4 rings (SSSR count). The summed E-state index contributed by atoms with van der Waals surface area (Å²) < 4.78 is 5.49. The van der Waals surface area contributed by atoms with Crippen LogP contribution in [0.5, 0.6) is 11.5 Å². The number of benzene rings is 2. The van der Waals surface area contributed by atoms with Gasteiger partial charge in [-0.05, 0) is 66.8 Å². The Morgan fingerprint density at radius 1 is 1.19 bits per heavy atom. The van der Waals surface area contributed by atoms with Crippen molar-refractivity contribution >= 4 is 5.91 Å². The number of ether oxygens (including phenoxy) is 1. The lowest BCUT2D eigenvalue weighted by Gasteiger charge is -2.12. The van der Waals surface area contributed by atoms with E-state index in [4.69, 9.17) is 4.74 Å². The van der Waals surface area contributed by atoms with Crippen LogP contribution in [0.25, 0.3) is 11.3 Å². The van der Waals surface area contributed by atoms with Crippen LogP contribution in [0.2, 0.25) is 0 Å². The monoisotopic (exact) mass is 363 g/mol. The predicted octanol–water partition coefficient (Wildman–Crippen LogP) is 3.21. The first-order valence-corrected chi connectivity index (χ1v) is 8.95. The van der Waals surface area contributed by atoms with Crippen LogP contribution in [0.3, 0.4) is 0 Å². The van der Waals surface area contributed by atoms with Gasteiger partial charge in [0.15, 0.2) is 0 Å². The Morgan fingerprint density at radius 2 is 1.93 bits per heavy atom. The molecule has 3 N–H and O–H groups in total. The summed E-state index contributed by atoms with van der Waals surface area (Å²) >= 11 is 0. The third-order valence-electron chi connectivity index (χ3n) is 4.92. The molecule has 0 atom stereocenters. The molecule has 0 radical (unpaired) electrons. The molecule has 2 aromatic carbocycles. The fourth-order valence-electron chi connectivity index (χ4n) is 3.47. The number of rotatable bonds is 5. The number of nitrogens with one attached hydrogen (secondary N) is 2. The molecule has 0 saturated heterocycles. The van der Waals surface area contributed by atoms with Gasteiger partial charge in [-0.15, -0.1) is 0 Å². The Labute approximate surface area is 157 Å². The summed E-state index contributed by atoms with van der Waals surface area (Å²) in [4.78, 5) is 12.5. The molecular formula is C21H21N3O3. The van der Waals surface area contributed by atoms with Gasteiger partial charge in [0.05, 0.1) is 12.8 Å². The molecule has 1 heterocycles. The van der Waals surface area contributed by atoms with E-state index in [0.29, 0.717) is 17.9 Å². The molecule has 3 aromatic rings. The minimum absolute atomic E-state index is 0.190. The minimum atomic E-state index is -0.227. The molecular weight excluding hydrogens is 342 g/mol. The third kappa shape index (κ3) is 3.51. The van der Waals surface area contributed by atoms with Crippen molar-refractivity contribution in [3.8, 4) is 22.8 Å². The van der Waals surface area contributed by atoms with Crippen molar-refractivity contribution in [2.75, 3.05) is 7.11 Å². The van der Waals surface area contributed by atoms with E-state index in [1.54, 1.807) is 37.4 Å². The van der Waals surface area contributed by atoms with Crippen LogP contribution in [0.15, 0.2) is 42.5 Å². The summed E-state index contributed by atoms with van der Waals surface area (Å²) in [5.74, 6) is 0.774. The first kappa shape index (κ1) is 17.1. The SMILES string of the molecule is COc1cc2c(cc1CNC(=O)c1cc(-c3ccc(O)cc3)n[nH]1)CCC2. The molecule has 0 bridgehead atoms. The summed E-state index contributed by atoms with van der Waals surface area (Å²) in [7, 11) is 1.65. The van der Waals surface area contributed by atoms with Crippen LogP contribution in [-0.2, 0) is 19.4 Å². The van der Waals surface area contributed by atoms with Gasteiger partial charge >= 0.3 is 0 Å². The van der Waals surface area contributed by atoms with Crippen molar-refractivity contribution in [2.24, 2.45) is 0 Å². The van der Waals surface area contributed by atoms with Crippen molar-refractivity contribution in [3.05, 3.63) is 64.8 Å². The largest absolute Gasteiger partial charge is 0.508 e.